The predicted molar refractivity (Wildman–Crippen MR) is 118 cm³/mol. The van der Waals surface area contributed by atoms with E-state index < -0.39 is 23.7 Å². The van der Waals surface area contributed by atoms with E-state index in [2.05, 4.69) is 10.3 Å². The number of nitrogens with zero attached hydrogens (tertiary/aromatic N) is 3. The standard InChI is InChI=1S/C22H17ClN4O4/c1-31-18-10-9-14(12-17(18)23)25-19(28)13-26-21(29)16-8-5-11-24-20(16)27(22(26)30)15-6-3-2-4-7-15/h2-12H,13H2,1H3,(H,25,28). The molecule has 0 saturated carbocycles. The van der Waals surface area contributed by atoms with Gasteiger partial charge < -0.3 is 10.1 Å². The van der Waals surface area contributed by atoms with Crippen molar-refractivity contribution < 1.29 is 9.53 Å². The number of fused-ring (bicyclic) bond motifs is 1. The van der Waals surface area contributed by atoms with Gasteiger partial charge in [-0.1, -0.05) is 29.8 Å². The van der Waals surface area contributed by atoms with Crippen molar-refractivity contribution in [2.24, 2.45) is 0 Å². The number of aromatic nitrogens is 3. The number of hydrogen-bond donors (Lipinski definition) is 1. The summed E-state index contributed by atoms with van der Waals surface area (Å²) >= 11 is 6.09. The van der Waals surface area contributed by atoms with Crippen molar-refractivity contribution in [3.8, 4) is 11.4 Å². The number of pyridine rings is 1. The fraction of sp³-hybridized carbons (Fsp3) is 0.0909. The third kappa shape index (κ3) is 3.93. The summed E-state index contributed by atoms with van der Waals surface area (Å²) < 4.78 is 7.29. The van der Waals surface area contributed by atoms with Crippen molar-refractivity contribution in [2.75, 3.05) is 12.4 Å². The molecule has 1 amide bonds. The first kappa shape index (κ1) is 20.4. The number of anilines is 1. The second-order valence-corrected chi connectivity index (χ2v) is 7.02. The minimum Gasteiger partial charge on any atom is -0.495 e. The Balaban J connectivity index is 1.76. The maximum Gasteiger partial charge on any atom is 0.337 e. The Hall–Kier alpha value is -3.91. The van der Waals surface area contributed by atoms with Crippen molar-refractivity contribution in [2.45, 2.75) is 6.54 Å². The number of benzene rings is 2. The van der Waals surface area contributed by atoms with Gasteiger partial charge in [-0.2, -0.15) is 0 Å². The molecule has 0 aliphatic rings. The molecule has 0 aliphatic heterocycles. The zero-order valence-corrected chi connectivity index (χ0v) is 17.2. The molecule has 4 aromatic rings. The van der Waals surface area contributed by atoms with Gasteiger partial charge in [0.15, 0.2) is 5.65 Å². The highest BCUT2D eigenvalue weighted by Gasteiger charge is 2.17. The molecular formula is C22H17ClN4O4. The highest BCUT2D eigenvalue weighted by Crippen LogP contribution is 2.27. The highest BCUT2D eigenvalue weighted by atomic mass is 35.5. The zero-order valence-electron chi connectivity index (χ0n) is 16.4. The Kier molecular flexibility index (Phi) is 5.55. The van der Waals surface area contributed by atoms with Crippen molar-refractivity contribution in [1.82, 2.24) is 14.1 Å². The van der Waals surface area contributed by atoms with Crippen LogP contribution in [0.1, 0.15) is 0 Å². The summed E-state index contributed by atoms with van der Waals surface area (Å²) in [5.74, 6) is -0.0908. The van der Waals surface area contributed by atoms with Crippen molar-refractivity contribution in [3.05, 3.63) is 92.7 Å². The highest BCUT2D eigenvalue weighted by molar-refractivity contribution is 6.32. The largest absolute Gasteiger partial charge is 0.495 e. The molecule has 156 valence electrons. The summed E-state index contributed by atoms with van der Waals surface area (Å²) in [4.78, 5) is 43.0. The Morgan fingerprint density at radius 3 is 2.58 bits per heavy atom. The lowest BCUT2D eigenvalue weighted by molar-refractivity contribution is -0.116. The molecule has 0 saturated heterocycles. The van der Waals surface area contributed by atoms with E-state index in [1.54, 1.807) is 48.5 Å². The lowest BCUT2D eigenvalue weighted by Gasteiger charge is -2.13. The molecule has 2 aromatic carbocycles. The maximum atomic E-state index is 13.2. The molecule has 1 N–H and O–H groups in total. The van der Waals surface area contributed by atoms with Crippen LogP contribution in [0.2, 0.25) is 5.02 Å². The Morgan fingerprint density at radius 1 is 1.10 bits per heavy atom. The summed E-state index contributed by atoms with van der Waals surface area (Å²) in [5, 5.41) is 3.19. The fourth-order valence-corrected chi connectivity index (χ4v) is 3.48. The van der Waals surface area contributed by atoms with E-state index in [9.17, 15) is 14.4 Å². The first-order valence-electron chi connectivity index (χ1n) is 9.29. The number of para-hydroxylation sites is 1. The fourth-order valence-electron chi connectivity index (χ4n) is 3.22. The number of ether oxygens (including phenoxy) is 1. The lowest BCUT2D eigenvalue weighted by atomic mass is 10.2. The SMILES string of the molecule is COc1ccc(NC(=O)Cn2c(=O)c3cccnc3n(-c3ccccc3)c2=O)cc1Cl. The molecule has 0 fully saturated rings. The number of amides is 1. The van der Waals surface area contributed by atoms with Gasteiger partial charge >= 0.3 is 5.69 Å². The number of halogens is 1. The number of carbonyl (C=O) groups is 1. The maximum absolute atomic E-state index is 13.2. The Bertz CT molecular complexity index is 1400. The predicted octanol–water partition coefficient (Wildman–Crippen LogP) is 2.85. The number of carbonyl (C=O) groups excluding carboxylic acids is 1. The third-order valence-electron chi connectivity index (χ3n) is 4.65. The Labute approximate surface area is 181 Å². The minimum absolute atomic E-state index is 0.224. The normalized spacial score (nSPS) is 10.8. The van der Waals surface area contributed by atoms with Crippen molar-refractivity contribution >= 4 is 34.2 Å². The Morgan fingerprint density at radius 2 is 1.87 bits per heavy atom. The van der Waals surface area contributed by atoms with E-state index in [-0.39, 0.29) is 11.0 Å². The minimum atomic E-state index is -0.662. The summed E-state index contributed by atoms with van der Waals surface area (Å²) in [6, 6.07) is 16.7. The van der Waals surface area contributed by atoms with Gasteiger partial charge in [0.2, 0.25) is 5.91 Å². The first-order chi connectivity index (χ1) is 15.0. The molecule has 9 heteroatoms. The molecule has 8 nitrogen and oxygen atoms in total. The van der Waals surface area contributed by atoms with E-state index in [0.717, 1.165) is 4.57 Å². The smallest absolute Gasteiger partial charge is 0.337 e. The van der Waals surface area contributed by atoms with Gasteiger partial charge in [0, 0.05) is 11.9 Å². The van der Waals surface area contributed by atoms with Crippen LogP contribution in [-0.2, 0) is 11.3 Å². The van der Waals surface area contributed by atoms with Gasteiger partial charge in [0.1, 0.15) is 12.3 Å². The van der Waals surface area contributed by atoms with Gasteiger partial charge in [-0.05, 0) is 42.5 Å². The molecule has 4 rings (SSSR count). The van der Waals surface area contributed by atoms with E-state index >= 15 is 0 Å². The van der Waals surface area contributed by atoms with Crippen molar-refractivity contribution in [1.29, 1.82) is 0 Å². The van der Waals surface area contributed by atoms with Crippen LogP contribution < -0.4 is 21.3 Å². The van der Waals surface area contributed by atoms with E-state index in [1.165, 1.54) is 23.9 Å². The van der Waals surface area contributed by atoms with E-state index in [4.69, 9.17) is 16.3 Å². The summed E-state index contributed by atoms with van der Waals surface area (Å²) in [7, 11) is 1.48. The summed E-state index contributed by atoms with van der Waals surface area (Å²) in [6.45, 7) is -0.473. The van der Waals surface area contributed by atoms with Crippen LogP contribution in [0.3, 0.4) is 0 Å². The van der Waals surface area contributed by atoms with Gasteiger partial charge in [-0.3, -0.25) is 9.59 Å². The average Bonchev–Trinajstić information content (AvgIpc) is 2.78. The van der Waals surface area contributed by atoms with Crippen LogP contribution in [0.4, 0.5) is 5.69 Å². The lowest BCUT2D eigenvalue weighted by Crippen LogP contribution is -2.42. The van der Waals surface area contributed by atoms with Gasteiger partial charge in [-0.15, -0.1) is 0 Å². The summed E-state index contributed by atoms with van der Waals surface area (Å²) in [5.41, 5.74) is -0.0854. The molecule has 2 aromatic heterocycles. The molecule has 31 heavy (non-hydrogen) atoms. The summed E-state index contributed by atoms with van der Waals surface area (Å²) in [6.07, 6.45) is 1.51. The topological polar surface area (TPSA) is 95.2 Å². The molecule has 0 radical (unpaired) electrons. The molecule has 0 atom stereocenters. The van der Waals surface area contributed by atoms with E-state index in [1.807, 2.05) is 6.07 Å². The number of hydrogen-bond acceptors (Lipinski definition) is 5. The number of rotatable bonds is 5. The second-order valence-electron chi connectivity index (χ2n) is 6.62. The second kappa shape index (κ2) is 8.45. The quantitative estimate of drug-likeness (QED) is 0.519. The van der Waals surface area contributed by atoms with Crippen LogP contribution >= 0.6 is 11.6 Å². The zero-order chi connectivity index (χ0) is 22.0. The van der Waals surface area contributed by atoms with Crippen LogP contribution in [0.25, 0.3) is 16.7 Å². The number of nitrogens with one attached hydrogen (secondary N) is 1. The van der Waals surface area contributed by atoms with Crippen LogP contribution in [0.5, 0.6) is 5.75 Å². The molecule has 0 unspecified atom stereocenters. The molecule has 2 heterocycles. The number of methoxy groups -OCH3 is 1. The average molecular weight is 437 g/mol. The molecule has 0 spiro atoms. The van der Waals surface area contributed by atoms with Gasteiger partial charge in [-0.25, -0.2) is 18.9 Å². The third-order valence-corrected chi connectivity index (χ3v) is 4.94. The first-order valence-corrected chi connectivity index (χ1v) is 9.67. The monoisotopic (exact) mass is 436 g/mol. The van der Waals surface area contributed by atoms with Crippen molar-refractivity contribution in [3.63, 3.8) is 0 Å². The van der Waals surface area contributed by atoms with Crippen LogP contribution in [-0.4, -0.2) is 27.1 Å². The van der Waals surface area contributed by atoms with E-state index in [0.29, 0.717) is 22.1 Å². The van der Waals surface area contributed by atoms with Crippen LogP contribution in [0, 0.1) is 0 Å². The van der Waals surface area contributed by atoms with Gasteiger partial charge in [0.05, 0.1) is 23.2 Å². The molecular weight excluding hydrogens is 420 g/mol. The van der Waals surface area contributed by atoms with Gasteiger partial charge in [0.25, 0.3) is 5.56 Å². The van der Waals surface area contributed by atoms with Crippen LogP contribution in [0.15, 0.2) is 76.4 Å². The molecule has 0 aliphatic carbocycles. The molecule has 0 bridgehead atoms.